The van der Waals surface area contributed by atoms with E-state index in [4.69, 9.17) is 4.74 Å². The zero-order valence-corrected chi connectivity index (χ0v) is 11.7. The molecule has 0 saturated carbocycles. The van der Waals surface area contributed by atoms with Crippen molar-refractivity contribution in [2.75, 3.05) is 11.4 Å². The number of hydrogen-bond donors (Lipinski definition) is 1. The van der Waals surface area contributed by atoms with Crippen LogP contribution >= 0.6 is 0 Å². The first-order valence-electron chi connectivity index (χ1n) is 6.80. The first kappa shape index (κ1) is 13.7. The molecular formula is C15H21NO3. The van der Waals surface area contributed by atoms with Gasteiger partial charge in [0.25, 0.3) is 0 Å². The summed E-state index contributed by atoms with van der Waals surface area (Å²) in [6.45, 7) is 6.51. The van der Waals surface area contributed by atoms with Gasteiger partial charge in [0.2, 0.25) is 0 Å². The van der Waals surface area contributed by atoms with Gasteiger partial charge in [0.05, 0.1) is 12.2 Å². The minimum Gasteiger partial charge on any atom is -0.483 e. The van der Waals surface area contributed by atoms with Crippen molar-refractivity contribution in [3.05, 3.63) is 24.3 Å². The van der Waals surface area contributed by atoms with Gasteiger partial charge in [-0.25, -0.2) is 4.79 Å². The predicted octanol–water partition coefficient (Wildman–Crippen LogP) is 2.92. The number of benzene rings is 1. The second-order valence-electron chi connectivity index (χ2n) is 5.10. The van der Waals surface area contributed by atoms with Crippen LogP contribution in [0.5, 0.6) is 5.75 Å². The van der Waals surface area contributed by atoms with Gasteiger partial charge in [0.15, 0.2) is 0 Å². The Morgan fingerprint density at radius 2 is 2.05 bits per heavy atom. The van der Waals surface area contributed by atoms with Crippen LogP contribution in [0.1, 0.15) is 33.6 Å². The maximum Gasteiger partial charge on any atom is 0.326 e. The molecule has 0 saturated heterocycles. The number of para-hydroxylation sites is 2. The minimum absolute atomic E-state index is 0.294. The number of rotatable bonds is 4. The lowest BCUT2D eigenvalue weighted by Gasteiger charge is -2.45. The first-order valence-corrected chi connectivity index (χ1v) is 6.80. The second kappa shape index (κ2) is 5.11. The summed E-state index contributed by atoms with van der Waals surface area (Å²) in [5, 5.41) is 9.29. The van der Waals surface area contributed by atoms with E-state index in [0.717, 1.165) is 24.3 Å². The molecule has 0 amide bonds. The molecule has 1 heterocycles. The summed E-state index contributed by atoms with van der Waals surface area (Å²) in [6.07, 6.45) is 1.72. The van der Waals surface area contributed by atoms with Crippen LogP contribution < -0.4 is 9.64 Å². The Balaban J connectivity index is 2.44. The van der Waals surface area contributed by atoms with E-state index in [9.17, 15) is 9.90 Å². The molecule has 4 heteroatoms. The Hall–Kier alpha value is -1.71. The lowest BCUT2D eigenvalue weighted by atomic mass is 9.93. The number of aliphatic carboxylic acids is 1. The number of hydrogen-bond acceptors (Lipinski definition) is 3. The summed E-state index contributed by atoms with van der Waals surface area (Å²) in [7, 11) is 0. The Bertz CT molecular complexity index is 468. The van der Waals surface area contributed by atoms with Crippen LogP contribution in [0.2, 0.25) is 0 Å². The summed E-state index contributed by atoms with van der Waals surface area (Å²) >= 11 is 0. The lowest BCUT2D eigenvalue weighted by Crippen LogP contribution is -2.54. The third-order valence-electron chi connectivity index (χ3n) is 4.07. The molecule has 1 atom stereocenters. The van der Waals surface area contributed by atoms with Crippen LogP contribution in [0.4, 0.5) is 5.69 Å². The van der Waals surface area contributed by atoms with Crippen molar-refractivity contribution < 1.29 is 14.6 Å². The Kier molecular flexibility index (Phi) is 3.69. The first-order chi connectivity index (χ1) is 9.03. The summed E-state index contributed by atoms with van der Waals surface area (Å²) in [6, 6.07) is 7.11. The van der Waals surface area contributed by atoms with Crippen molar-refractivity contribution in [1.29, 1.82) is 0 Å². The van der Waals surface area contributed by atoms with Crippen molar-refractivity contribution in [2.45, 2.75) is 45.3 Å². The summed E-state index contributed by atoms with van der Waals surface area (Å²) in [5.74, 6) is -0.0247. The fourth-order valence-corrected chi connectivity index (χ4v) is 2.54. The van der Waals surface area contributed by atoms with Gasteiger partial charge in [-0.05, 0) is 31.9 Å². The topological polar surface area (TPSA) is 49.8 Å². The van der Waals surface area contributed by atoms with Crippen molar-refractivity contribution >= 4 is 11.7 Å². The molecule has 1 N–H and O–H groups in total. The van der Waals surface area contributed by atoms with Crippen LogP contribution in [0, 0.1) is 0 Å². The highest BCUT2D eigenvalue weighted by Gasteiger charge is 2.39. The number of nitrogens with zero attached hydrogens (tertiary/aromatic N) is 1. The van der Waals surface area contributed by atoms with Gasteiger partial charge in [-0.3, -0.25) is 0 Å². The highest BCUT2D eigenvalue weighted by Crippen LogP contribution is 2.40. The van der Waals surface area contributed by atoms with Gasteiger partial charge in [-0.15, -0.1) is 0 Å². The predicted molar refractivity (Wildman–Crippen MR) is 74.8 cm³/mol. The molecule has 1 unspecified atom stereocenters. The molecule has 1 aliphatic heterocycles. The smallest absolute Gasteiger partial charge is 0.326 e. The maximum atomic E-state index is 11.3. The van der Waals surface area contributed by atoms with Crippen LogP contribution in [0.25, 0.3) is 0 Å². The van der Waals surface area contributed by atoms with Gasteiger partial charge in [0, 0.05) is 0 Å². The number of carboxylic acids is 1. The second-order valence-corrected chi connectivity index (χ2v) is 5.10. The molecule has 19 heavy (non-hydrogen) atoms. The number of ether oxygens (including phenoxy) is 1. The molecule has 1 aliphatic rings. The van der Waals surface area contributed by atoms with Crippen molar-refractivity contribution in [1.82, 2.24) is 0 Å². The van der Waals surface area contributed by atoms with Crippen molar-refractivity contribution in [3.63, 3.8) is 0 Å². The van der Waals surface area contributed by atoms with Gasteiger partial charge in [-0.2, -0.15) is 0 Å². The highest BCUT2D eigenvalue weighted by atomic mass is 16.5. The molecular weight excluding hydrogens is 242 g/mol. The summed E-state index contributed by atoms with van der Waals surface area (Å²) < 4.78 is 6.14. The Morgan fingerprint density at radius 3 is 2.63 bits per heavy atom. The molecule has 0 aromatic heterocycles. The molecule has 2 rings (SSSR count). The molecule has 104 valence electrons. The van der Waals surface area contributed by atoms with E-state index >= 15 is 0 Å². The maximum absolute atomic E-state index is 11.3. The molecule has 0 aliphatic carbocycles. The fourth-order valence-electron chi connectivity index (χ4n) is 2.54. The largest absolute Gasteiger partial charge is 0.483 e. The quantitative estimate of drug-likeness (QED) is 0.907. The fraction of sp³-hybridized carbons (Fsp3) is 0.533. The SMILES string of the molecule is CCC1(CC)CN(C(C)C(=O)O)c2ccccc2O1. The monoisotopic (exact) mass is 263 g/mol. The zero-order chi connectivity index (χ0) is 14.0. The Labute approximate surface area is 114 Å². The van der Waals surface area contributed by atoms with Crippen LogP contribution in [0.3, 0.4) is 0 Å². The van der Waals surface area contributed by atoms with E-state index in [-0.39, 0.29) is 5.60 Å². The van der Waals surface area contributed by atoms with Gasteiger partial charge >= 0.3 is 5.97 Å². The summed E-state index contributed by atoms with van der Waals surface area (Å²) in [5.41, 5.74) is 0.577. The molecule has 0 radical (unpaired) electrons. The number of fused-ring (bicyclic) bond motifs is 1. The molecule has 4 nitrogen and oxygen atoms in total. The van der Waals surface area contributed by atoms with Gasteiger partial charge < -0.3 is 14.7 Å². The minimum atomic E-state index is -0.808. The number of carboxylic acid groups (broad SMARTS) is 1. The molecule has 0 bridgehead atoms. The average Bonchev–Trinajstić information content (AvgIpc) is 2.45. The third kappa shape index (κ3) is 2.39. The summed E-state index contributed by atoms with van der Waals surface area (Å²) in [4.78, 5) is 13.3. The van der Waals surface area contributed by atoms with Crippen LogP contribution in [-0.4, -0.2) is 29.3 Å². The average molecular weight is 263 g/mol. The number of carbonyl (C=O) groups is 1. The van der Waals surface area contributed by atoms with Crippen LogP contribution in [0.15, 0.2) is 24.3 Å². The van der Waals surface area contributed by atoms with E-state index in [1.54, 1.807) is 6.92 Å². The van der Waals surface area contributed by atoms with E-state index < -0.39 is 12.0 Å². The van der Waals surface area contributed by atoms with Crippen molar-refractivity contribution in [3.8, 4) is 5.75 Å². The standard InChI is InChI=1S/C15H21NO3/c1-4-15(5-2)10-16(11(3)14(17)18)12-8-6-7-9-13(12)19-15/h6-9,11H,4-5,10H2,1-3H3,(H,17,18). The van der Waals surface area contributed by atoms with E-state index in [2.05, 4.69) is 13.8 Å². The third-order valence-corrected chi connectivity index (χ3v) is 4.07. The zero-order valence-electron chi connectivity index (χ0n) is 11.7. The van der Waals surface area contributed by atoms with E-state index in [1.165, 1.54) is 0 Å². The lowest BCUT2D eigenvalue weighted by molar-refractivity contribution is -0.138. The highest BCUT2D eigenvalue weighted by molar-refractivity contribution is 5.79. The van der Waals surface area contributed by atoms with Gasteiger partial charge in [-0.1, -0.05) is 26.0 Å². The molecule has 0 spiro atoms. The molecule has 1 aromatic carbocycles. The molecule has 1 aromatic rings. The van der Waals surface area contributed by atoms with Gasteiger partial charge in [0.1, 0.15) is 17.4 Å². The normalized spacial score (nSPS) is 18.4. The van der Waals surface area contributed by atoms with Crippen molar-refractivity contribution in [2.24, 2.45) is 0 Å². The van der Waals surface area contributed by atoms with Crippen LogP contribution in [-0.2, 0) is 4.79 Å². The number of anilines is 1. The Morgan fingerprint density at radius 1 is 1.42 bits per heavy atom. The van der Waals surface area contributed by atoms with E-state index in [1.807, 2.05) is 29.2 Å². The molecule has 0 fully saturated rings. The van der Waals surface area contributed by atoms with E-state index in [0.29, 0.717) is 6.54 Å².